The van der Waals surface area contributed by atoms with Crippen molar-refractivity contribution in [3.63, 3.8) is 0 Å². The van der Waals surface area contributed by atoms with E-state index in [-0.39, 0.29) is 5.76 Å². The summed E-state index contributed by atoms with van der Waals surface area (Å²) in [5, 5.41) is 8.84. The second-order valence-electron chi connectivity index (χ2n) is 4.56. The van der Waals surface area contributed by atoms with Gasteiger partial charge in [-0.15, -0.1) is 0 Å². The Labute approximate surface area is 117 Å². The van der Waals surface area contributed by atoms with Crippen molar-refractivity contribution in [3.8, 4) is 0 Å². The van der Waals surface area contributed by atoms with E-state index < -0.39 is 5.97 Å². The third-order valence-electron chi connectivity index (χ3n) is 2.95. The fourth-order valence-electron chi connectivity index (χ4n) is 2.04. The van der Waals surface area contributed by atoms with Gasteiger partial charge in [0, 0.05) is 19.6 Å². The molecule has 5 nitrogen and oxygen atoms in total. The number of hydrogen-bond donors (Lipinski definition) is 2. The quantitative estimate of drug-likeness (QED) is 0.806. The Hall–Kier alpha value is -2.11. The van der Waals surface area contributed by atoms with Crippen LogP contribution in [-0.4, -0.2) is 29.1 Å². The van der Waals surface area contributed by atoms with Crippen molar-refractivity contribution in [2.24, 2.45) is 5.73 Å². The van der Waals surface area contributed by atoms with Crippen molar-refractivity contribution in [3.05, 3.63) is 59.5 Å². The zero-order valence-corrected chi connectivity index (χ0v) is 11.2. The highest BCUT2D eigenvalue weighted by molar-refractivity contribution is 5.84. The first-order valence-corrected chi connectivity index (χ1v) is 6.47. The molecule has 0 atom stereocenters. The van der Waals surface area contributed by atoms with Gasteiger partial charge in [-0.3, -0.25) is 4.90 Å². The molecule has 2 aromatic rings. The molecule has 2 rings (SSSR count). The van der Waals surface area contributed by atoms with Crippen molar-refractivity contribution >= 4 is 5.97 Å². The molecule has 0 spiro atoms. The van der Waals surface area contributed by atoms with E-state index >= 15 is 0 Å². The Bertz CT molecular complexity index is 551. The molecule has 1 aromatic heterocycles. The number of carbonyl (C=O) groups is 1. The number of nitrogens with zero attached hydrogens (tertiary/aromatic N) is 1. The molecule has 0 unspecified atom stereocenters. The van der Waals surface area contributed by atoms with Gasteiger partial charge in [-0.1, -0.05) is 30.3 Å². The van der Waals surface area contributed by atoms with Crippen molar-refractivity contribution in [1.29, 1.82) is 0 Å². The van der Waals surface area contributed by atoms with Crippen LogP contribution in [0.5, 0.6) is 0 Å². The van der Waals surface area contributed by atoms with E-state index in [9.17, 15) is 4.79 Å². The van der Waals surface area contributed by atoms with E-state index in [1.807, 2.05) is 30.3 Å². The molecule has 1 aromatic carbocycles. The highest BCUT2D eigenvalue weighted by Crippen LogP contribution is 2.13. The molecule has 0 saturated heterocycles. The molecule has 0 saturated carbocycles. The van der Waals surface area contributed by atoms with E-state index in [4.69, 9.17) is 15.3 Å². The van der Waals surface area contributed by atoms with Crippen LogP contribution in [0.4, 0.5) is 0 Å². The van der Waals surface area contributed by atoms with Gasteiger partial charge < -0.3 is 15.3 Å². The summed E-state index contributed by atoms with van der Waals surface area (Å²) in [4.78, 5) is 12.9. The van der Waals surface area contributed by atoms with E-state index in [1.54, 1.807) is 6.07 Å². The van der Waals surface area contributed by atoms with Crippen LogP contribution in [0.1, 0.15) is 21.9 Å². The van der Waals surface area contributed by atoms with Crippen LogP contribution in [0.3, 0.4) is 0 Å². The van der Waals surface area contributed by atoms with Gasteiger partial charge in [0.15, 0.2) is 0 Å². The van der Waals surface area contributed by atoms with Gasteiger partial charge in [0.05, 0.1) is 6.54 Å². The smallest absolute Gasteiger partial charge is 0.371 e. The lowest BCUT2D eigenvalue weighted by Gasteiger charge is -2.20. The summed E-state index contributed by atoms with van der Waals surface area (Å²) in [6.45, 7) is 2.55. The number of nitrogens with two attached hydrogens (primary N) is 1. The maximum absolute atomic E-state index is 10.8. The lowest BCUT2D eigenvalue weighted by molar-refractivity contribution is 0.0658. The molecule has 0 amide bonds. The summed E-state index contributed by atoms with van der Waals surface area (Å²) < 4.78 is 5.28. The number of carboxylic acids is 1. The number of furan rings is 1. The van der Waals surface area contributed by atoms with Crippen LogP contribution < -0.4 is 5.73 Å². The number of carboxylic acid groups (broad SMARTS) is 1. The van der Waals surface area contributed by atoms with Gasteiger partial charge in [-0.2, -0.15) is 0 Å². The maximum atomic E-state index is 10.8. The highest BCUT2D eigenvalue weighted by atomic mass is 16.4. The van der Waals surface area contributed by atoms with Crippen molar-refractivity contribution < 1.29 is 14.3 Å². The van der Waals surface area contributed by atoms with Crippen LogP contribution >= 0.6 is 0 Å². The average Bonchev–Trinajstić information content (AvgIpc) is 2.89. The second kappa shape index (κ2) is 6.88. The van der Waals surface area contributed by atoms with E-state index in [2.05, 4.69) is 4.90 Å². The maximum Gasteiger partial charge on any atom is 0.371 e. The van der Waals surface area contributed by atoms with Gasteiger partial charge in [-0.25, -0.2) is 4.79 Å². The Morgan fingerprint density at radius 2 is 1.90 bits per heavy atom. The molecule has 106 valence electrons. The lowest BCUT2D eigenvalue weighted by atomic mass is 10.2. The molecule has 0 fully saturated rings. The van der Waals surface area contributed by atoms with Gasteiger partial charge >= 0.3 is 5.97 Å². The molecular weight excluding hydrogens is 256 g/mol. The van der Waals surface area contributed by atoms with Gasteiger partial charge in [0.1, 0.15) is 5.76 Å². The summed E-state index contributed by atoms with van der Waals surface area (Å²) in [7, 11) is 0. The minimum atomic E-state index is -1.05. The van der Waals surface area contributed by atoms with E-state index in [0.29, 0.717) is 18.8 Å². The SMILES string of the molecule is NCCN(Cc1ccccc1)Cc1ccc(C(=O)O)o1. The number of aromatic carboxylic acids is 1. The summed E-state index contributed by atoms with van der Waals surface area (Å²) in [5.74, 6) is -0.455. The molecule has 0 aliphatic carbocycles. The fraction of sp³-hybridized carbons (Fsp3) is 0.267. The topological polar surface area (TPSA) is 79.7 Å². The molecule has 3 N–H and O–H groups in total. The minimum absolute atomic E-state index is 0.0348. The number of rotatable bonds is 7. The number of benzene rings is 1. The minimum Gasteiger partial charge on any atom is -0.475 e. The van der Waals surface area contributed by atoms with Gasteiger partial charge in [-0.05, 0) is 17.7 Å². The molecule has 0 aliphatic rings. The predicted octanol–water partition coefficient (Wildman–Crippen LogP) is 1.94. The van der Waals surface area contributed by atoms with Crippen molar-refractivity contribution in [2.45, 2.75) is 13.1 Å². The first kappa shape index (κ1) is 14.3. The van der Waals surface area contributed by atoms with Gasteiger partial charge in [0.2, 0.25) is 5.76 Å². The summed E-state index contributed by atoms with van der Waals surface area (Å²) in [5.41, 5.74) is 6.81. The molecule has 5 heteroatoms. The second-order valence-corrected chi connectivity index (χ2v) is 4.56. The largest absolute Gasteiger partial charge is 0.475 e. The Balaban J connectivity index is 2.02. The Kier molecular flexibility index (Phi) is 4.92. The average molecular weight is 274 g/mol. The van der Waals surface area contributed by atoms with E-state index in [1.165, 1.54) is 11.6 Å². The van der Waals surface area contributed by atoms with Crippen LogP contribution in [-0.2, 0) is 13.1 Å². The molecule has 0 aliphatic heterocycles. The monoisotopic (exact) mass is 274 g/mol. The summed E-state index contributed by atoms with van der Waals surface area (Å²) >= 11 is 0. The third-order valence-corrected chi connectivity index (χ3v) is 2.95. The van der Waals surface area contributed by atoms with Crippen LogP contribution in [0.2, 0.25) is 0 Å². The zero-order valence-electron chi connectivity index (χ0n) is 11.2. The molecule has 20 heavy (non-hydrogen) atoms. The lowest BCUT2D eigenvalue weighted by Crippen LogP contribution is -2.28. The molecule has 1 heterocycles. The van der Waals surface area contributed by atoms with Crippen LogP contribution in [0.15, 0.2) is 46.9 Å². The molecule has 0 radical (unpaired) electrons. The molecule has 0 bridgehead atoms. The van der Waals surface area contributed by atoms with Gasteiger partial charge in [0.25, 0.3) is 0 Å². The Morgan fingerprint density at radius 3 is 2.50 bits per heavy atom. The van der Waals surface area contributed by atoms with Crippen molar-refractivity contribution in [2.75, 3.05) is 13.1 Å². The third kappa shape index (κ3) is 3.94. The fourth-order valence-corrected chi connectivity index (χ4v) is 2.04. The highest BCUT2D eigenvalue weighted by Gasteiger charge is 2.12. The number of hydrogen-bond acceptors (Lipinski definition) is 4. The standard InChI is InChI=1S/C15H18N2O3/c16-8-9-17(10-12-4-2-1-3-5-12)11-13-6-7-14(20-13)15(18)19/h1-7H,8-11,16H2,(H,18,19). The molecular formula is C15H18N2O3. The summed E-state index contributed by atoms with van der Waals surface area (Å²) in [6, 6.07) is 13.2. The zero-order chi connectivity index (χ0) is 14.4. The van der Waals surface area contributed by atoms with Crippen LogP contribution in [0, 0.1) is 0 Å². The first-order valence-electron chi connectivity index (χ1n) is 6.47. The van der Waals surface area contributed by atoms with Crippen molar-refractivity contribution in [1.82, 2.24) is 4.90 Å². The van der Waals surface area contributed by atoms with E-state index in [0.717, 1.165) is 13.1 Å². The first-order chi connectivity index (χ1) is 9.69. The summed E-state index contributed by atoms with van der Waals surface area (Å²) in [6.07, 6.45) is 0. The van der Waals surface area contributed by atoms with Crippen LogP contribution in [0.25, 0.3) is 0 Å². The predicted molar refractivity (Wildman–Crippen MR) is 75.3 cm³/mol. The normalized spacial score (nSPS) is 10.9. The Morgan fingerprint density at radius 1 is 1.15 bits per heavy atom.